The van der Waals surface area contributed by atoms with Gasteiger partial charge < -0.3 is 10.1 Å². The van der Waals surface area contributed by atoms with Crippen molar-refractivity contribution in [3.8, 4) is 5.75 Å². The maximum absolute atomic E-state index is 13.8. The highest BCUT2D eigenvalue weighted by Gasteiger charge is 2.28. The third-order valence-electron chi connectivity index (χ3n) is 3.01. The fourth-order valence-electron chi connectivity index (χ4n) is 2.01. The van der Waals surface area contributed by atoms with Gasteiger partial charge in [-0.25, -0.2) is 4.39 Å². The highest BCUT2D eigenvalue weighted by molar-refractivity contribution is 7.85. The van der Waals surface area contributed by atoms with Crippen LogP contribution in [-0.2, 0) is 10.8 Å². The lowest BCUT2D eigenvalue weighted by Crippen LogP contribution is -2.41. The van der Waals surface area contributed by atoms with Gasteiger partial charge >= 0.3 is 0 Å². The quantitative estimate of drug-likeness (QED) is 0.875. The van der Waals surface area contributed by atoms with Crippen molar-refractivity contribution in [1.82, 2.24) is 5.32 Å². The van der Waals surface area contributed by atoms with E-state index in [2.05, 4.69) is 5.32 Å². The summed E-state index contributed by atoms with van der Waals surface area (Å²) in [5, 5.41) is 3.33. The minimum atomic E-state index is -0.919. The Labute approximate surface area is 103 Å². The van der Waals surface area contributed by atoms with E-state index in [1.165, 1.54) is 13.2 Å². The van der Waals surface area contributed by atoms with E-state index in [0.717, 1.165) is 0 Å². The summed E-state index contributed by atoms with van der Waals surface area (Å²) in [6, 6.07) is 4.50. The van der Waals surface area contributed by atoms with E-state index in [1.54, 1.807) is 12.1 Å². The Morgan fingerprint density at radius 2 is 2.29 bits per heavy atom. The Balaban J connectivity index is 2.31. The smallest absolute Gasteiger partial charge is 0.131 e. The molecule has 17 heavy (non-hydrogen) atoms. The van der Waals surface area contributed by atoms with Gasteiger partial charge in [0.25, 0.3) is 0 Å². The monoisotopic (exact) mass is 257 g/mol. The molecule has 1 N–H and O–H groups in total. The van der Waals surface area contributed by atoms with E-state index in [1.807, 2.05) is 6.92 Å². The Hall–Kier alpha value is -0.940. The molecule has 1 fully saturated rings. The number of hydrogen-bond donors (Lipinski definition) is 1. The second-order valence-electron chi connectivity index (χ2n) is 4.17. The van der Waals surface area contributed by atoms with Crippen molar-refractivity contribution in [3.05, 3.63) is 29.6 Å². The van der Waals surface area contributed by atoms with Crippen molar-refractivity contribution < 1.29 is 13.3 Å². The van der Waals surface area contributed by atoms with Crippen molar-refractivity contribution in [1.29, 1.82) is 0 Å². The van der Waals surface area contributed by atoms with Crippen LogP contribution < -0.4 is 10.1 Å². The van der Waals surface area contributed by atoms with Crippen LogP contribution in [0.5, 0.6) is 5.75 Å². The molecular formula is C12H16FNO2S. The fraction of sp³-hybridized carbons (Fsp3) is 0.500. The molecule has 0 amide bonds. The summed E-state index contributed by atoms with van der Waals surface area (Å²) in [7, 11) is 0.596. The van der Waals surface area contributed by atoms with Crippen LogP contribution in [0.25, 0.3) is 0 Å². The summed E-state index contributed by atoms with van der Waals surface area (Å²) in [5.41, 5.74) is 0.482. The predicted octanol–water partition coefficient (Wildman–Crippen LogP) is 1.62. The second kappa shape index (κ2) is 5.14. The Bertz CT molecular complexity index is 439. The Morgan fingerprint density at radius 1 is 1.53 bits per heavy atom. The molecule has 0 spiro atoms. The lowest BCUT2D eigenvalue weighted by atomic mass is 10.1. The average Bonchev–Trinajstić information content (AvgIpc) is 2.32. The molecule has 1 aromatic carbocycles. The van der Waals surface area contributed by atoms with Gasteiger partial charge in [0.15, 0.2) is 0 Å². The van der Waals surface area contributed by atoms with Crippen LogP contribution in [0.1, 0.15) is 18.5 Å². The maximum Gasteiger partial charge on any atom is 0.131 e. The number of methoxy groups -OCH3 is 1. The van der Waals surface area contributed by atoms with Crippen molar-refractivity contribution >= 4 is 10.8 Å². The number of rotatable bonds is 2. The Morgan fingerprint density at radius 3 is 2.94 bits per heavy atom. The van der Waals surface area contributed by atoms with Crippen LogP contribution in [-0.4, -0.2) is 28.9 Å². The third-order valence-corrected chi connectivity index (χ3v) is 4.74. The molecule has 94 valence electrons. The van der Waals surface area contributed by atoms with Gasteiger partial charge in [0, 0.05) is 33.9 Å². The summed E-state index contributed by atoms with van der Waals surface area (Å²) in [4.78, 5) is 0. The molecule has 1 heterocycles. The Kier molecular flexibility index (Phi) is 3.79. The fourth-order valence-corrected chi connectivity index (χ4v) is 3.23. The second-order valence-corrected chi connectivity index (χ2v) is 6.07. The topological polar surface area (TPSA) is 38.3 Å². The van der Waals surface area contributed by atoms with Crippen LogP contribution in [0, 0.1) is 5.82 Å². The van der Waals surface area contributed by atoms with E-state index in [4.69, 9.17) is 4.74 Å². The van der Waals surface area contributed by atoms with E-state index in [0.29, 0.717) is 23.6 Å². The first-order valence-corrected chi connectivity index (χ1v) is 6.94. The van der Waals surface area contributed by atoms with Gasteiger partial charge in [0.2, 0.25) is 0 Å². The van der Waals surface area contributed by atoms with E-state index < -0.39 is 10.8 Å². The third kappa shape index (κ3) is 2.50. The highest BCUT2D eigenvalue weighted by atomic mass is 32.2. The zero-order valence-electron chi connectivity index (χ0n) is 9.90. The van der Waals surface area contributed by atoms with Gasteiger partial charge in [-0.05, 0) is 19.1 Å². The van der Waals surface area contributed by atoms with Crippen LogP contribution in [0.15, 0.2) is 18.2 Å². The lowest BCUT2D eigenvalue weighted by Gasteiger charge is -2.28. The van der Waals surface area contributed by atoms with Gasteiger partial charge in [-0.2, -0.15) is 0 Å². The van der Waals surface area contributed by atoms with Crippen LogP contribution in [0.3, 0.4) is 0 Å². The molecule has 0 saturated carbocycles. The normalized spacial score (nSPS) is 29.0. The summed E-state index contributed by atoms with van der Waals surface area (Å²) in [5.74, 6) is 0.626. The van der Waals surface area contributed by atoms with Crippen LogP contribution in [0.2, 0.25) is 0 Å². The number of halogens is 1. The molecule has 1 aliphatic heterocycles. The maximum atomic E-state index is 13.8. The van der Waals surface area contributed by atoms with Crippen molar-refractivity contribution in [2.75, 3.05) is 19.4 Å². The highest BCUT2D eigenvalue weighted by Crippen LogP contribution is 2.30. The predicted molar refractivity (Wildman–Crippen MR) is 66.2 cm³/mol. The SMILES string of the molecule is COc1cccc(F)c1C1CS(=O)C(C)CN1. The number of ether oxygens (including phenoxy) is 1. The summed E-state index contributed by atoms with van der Waals surface area (Å²) in [6.07, 6.45) is 0. The summed E-state index contributed by atoms with van der Waals surface area (Å²) >= 11 is 0. The van der Waals surface area contributed by atoms with Crippen molar-refractivity contribution in [2.24, 2.45) is 0 Å². The van der Waals surface area contributed by atoms with Gasteiger partial charge in [0.1, 0.15) is 11.6 Å². The molecule has 2 rings (SSSR count). The molecule has 3 unspecified atom stereocenters. The molecule has 0 aliphatic carbocycles. The zero-order chi connectivity index (χ0) is 12.4. The first kappa shape index (κ1) is 12.5. The molecule has 1 aromatic rings. The number of nitrogens with one attached hydrogen (secondary N) is 1. The lowest BCUT2D eigenvalue weighted by molar-refractivity contribution is 0.392. The van der Waals surface area contributed by atoms with Gasteiger partial charge in [-0.3, -0.25) is 4.21 Å². The van der Waals surface area contributed by atoms with Crippen LogP contribution in [0.4, 0.5) is 4.39 Å². The van der Waals surface area contributed by atoms with Crippen LogP contribution >= 0.6 is 0 Å². The molecule has 0 bridgehead atoms. The zero-order valence-corrected chi connectivity index (χ0v) is 10.7. The van der Waals surface area contributed by atoms with E-state index in [-0.39, 0.29) is 17.1 Å². The number of benzene rings is 1. The van der Waals surface area contributed by atoms with Gasteiger partial charge in [0.05, 0.1) is 13.2 Å². The first-order chi connectivity index (χ1) is 8.13. The molecule has 1 aliphatic rings. The summed E-state index contributed by atoms with van der Waals surface area (Å²) in [6.45, 7) is 2.56. The minimum absolute atomic E-state index is 0.115. The standard InChI is InChI=1S/C12H16FNO2S/c1-8-6-14-10(7-17(8)15)12-9(13)4-3-5-11(12)16-2/h3-5,8,10,14H,6-7H2,1-2H3. The largest absolute Gasteiger partial charge is 0.496 e. The van der Waals surface area contributed by atoms with E-state index in [9.17, 15) is 8.60 Å². The minimum Gasteiger partial charge on any atom is -0.496 e. The van der Waals surface area contributed by atoms with E-state index >= 15 is 0 Å². The van der Waals surface area contributed by atoms with Gasteiger partial charge in [-0.15, -0.1) is 0 Å². The molecule has 0 aromatic heterocycles. The molecule has 1 saturated heterocycles. The molecule has 3 atom stereocenters. The number of hydrogen-bond acceptors (Lipinski definition) is 3. The summed E-state index contributed by atoms with van der Waals surface area (Å²) < 4.78 is 30.8. The van der Waals surface area contributed by atoms with Crippen molar-refractivity contribution in [3.63, 3.8) is 0 Å². The molecule has 5 heteroatoms. The first-order valence-electron chi connectivity index (χ1n) is 5.56. The van der Waals surface area contributed by atoms with Gasteiger partial charge in [-0.1, -0.05) is 6.07 Å². The average molecular weight is 257 g/mol. The molecule has 0 radical (unpaired) electrons. The molecule has 3 nitrogen and oxygen atoms in total. The molecular weight excluding hydrogens is 241 g/mol. The van der Waals surface area contributed by atoms with Crippen molar-refractivity contribution in [2.45, 2.75) is 18.2 Å².